The van der Waals surface area contributed by atoms with Gasteiger partial charge in [0.25, 0.3) is 0 Å². The number of anilines is 1. The molecular formula is C20H20ClN3O3S2. The van der Waals surface area contributed by atoms with Gasteiger partial charge in [-0.3, -0.25) is 4.79 Å². The third kappa shape index (κ3) is 4.84. The number of amides is 1. The molecule has 6 nitrogen and oxygen atoms in total. The summed E-state index contributed by atoms with van der Waals surface area (Å²) in [4.78, 5) is 17.1. The van der Waals surface area contributed by atoms with Crippen molar-refractivity contribution < 1.29 is 13.2 Å². The first-order valence-electron chi connectivity index (χ1n) is 8.71. The Balaban J connectivity index is 1.75. The lowest BCUT2D eigenvalue weighted by molar-refractivity contribution is -0.115. The molecule has 1 aromatic heterocycles. The van der Waals surface area contributed by atoms with Crippen LogP contribution in [0.1, 0.15) is 11.3 Å². The quantitative estimate of drug-likeness (QED) is 0.611. The van der Waals surface area contributed by atoms with Gasteiger partial charge < -0.3 is 5.32 Å². The maximum Gasteiger partial charge on any atom is 0.242 e. The number of hydrogen-bond donors (Lipinski definition) is 1. The number of halogens is 1. The van der Waals surface area contributed by atoms with E-state index in [0.29, 0.717) is 22.0 Å². The van der Waals surface area contributed by atoms with Gasteiger partial charge in [0.2, 0.25) is 15.9 Å². The predicted molar refractivity (Wildman–Crippen MR) is 117 cm³/mol. The highest BCUT2D eigenvalue weighted by Crippen LogP contribution is 2.30. The Morgan fingerprint density at radius 3 is 2.62 bits per heavy atom. The van der Waals surface area contributed by atoms with E-state index in [1.54, 1.807) is 25.1 Å². The molecule has 2 aromatic carbocycles. The number of nitrogens with one attached hydrogen (secondary N) is 1. The summed E-state index contributed by atoms with van der Waals surface area (Å²) in [6.07, 6.45) is 0.0740. The van der Waals surface area contributed by atoms with Gasteiger partial charge >= 0.3 is 0 Å². The fraction of sp³-hybridized carbons (Fsp3) is 0.200. The van der Waals surface area contributed by atoms with E-state index < -0.39 is 10.0 Å². The van der Waals surface area contributed by atoms with Crippen LogP contribution in [0.25, 0.3) is 10.6 Å². The lowest BCUT2D eigenvalue weighted by Crippen LogP contribution is -2.23. The Morgan fingerprint density at radius 1 is 1.21 bits per heavy atom. The smallest absolute Gasteiger partial charge is 0.242 e. The highest BCUT2D eigenvalue weighted by atomic mass is 35.5. The molecule has 0 radical (unpaired) electrons. The highest BCUT2D eigenvalue weighted by molar-refractivity contribution is 7.89. The van der Waals surface area contributed by atoms with Crippen LogP contribution in [0, 0.1) is 6.92 Å². The van der Waals surface area contributed by atoms with Crippen LogP contribution in [-0.2, 0) is 21.2 Å². The molecule has 1 heterocycles. The van der Waals surface area contributed by atoms with Gasteiger partial charge in [-0.2, -0.15) is 0 Å². The monoisotopic (exact) mass is 449 g/mol. The van der Waals surface area contributed by atoms with Gasteiger partial charge in [-0.15, -0.1) is 11.3 Å². The van der Waals surface area contributed by atoms with Gasteiger partial charge in [0.15, 0.2) is 0 Å². The average molecular weight is 450 g/mol. The number of benzene rings is 2. The number of aromatic nitrogens is 1. The molecule has 0 saturated heterocycles. The maximum atomic E-state index is 12.4. The topological polar surface area (TPSA) is 79.4 Å². The fourth-order valence-corrected chi connectivity index (χ4v) is 4.95. The predicted octanol–water partition coefficient (Wildman–Crippen LogP) is 4.20. The Morgan fingerprint density at radius 2 is 1.93 bits per heavy atom. The van der Waals surface area contributed by atoms with Crippen LogP contribution < -0.4 is 5.32 Å². The largest absolute Gasteiger partial charge is 0.326 e. The molecule has 3 aromatic rings. The second kappa shape index (κ2) is 8.62. The lowest BCUT2D eigenvalue weighted by atomic mass is 10.2. The van der Waals surface area contributed by atoms with Crippen LogP contribution >= 0.6 is 22.9 Å². The van der Waals surface area contributed by atoms with Gasteiger partial charge in [0.05, 0.1) is 22.0 Å². The first-order chi connectivity index (χ1) is 13.7. The summed E-state index contributed by atoms with van der Waals surface area (Å²) in [5, 5.41) is 5.91. The van der Waals surface area contributed by atoms with Gasteiger partial charge in [-0.25, -0.2) is 17.7 Å². The van der Waals surface area contributed by atoms with E-state index in [1.807, 2.05) is 23.6 Å². The highest BCUT2D eigenvalue weighted by Gasteiger charge is 2.20. The second-order valence-electron chi connectivity index (χ2n) is 6.62. The minimum Gasteiger partial charge on any atom is -0.326 e. The molecule has 0 aliphatic carbocycles. The number of aryl methyl sites for hydroxylation is 1. The van der Waals surface area contributed by atoms with E-state index in [4.69, 9.17) is 11.6 Å². The fourth-order valence-electron chi connectivity index (χ4n) is 2.67. The van der Waals surface area contributed by atoms with Gasteiger partial charge in [-0.1, -0.05) is 35.9 Å². The zero-order valence-electron chi connectivity index (χ0n) is 16.1. The normalized spacial score (nSPS) is 11.6. The van der Waals surface area contributed by atoms with Crippen LogP contribution in [0.4, 0.5) is 5.69 Å². The van der Waals surface area contributed by atoms with E-state index in [9.17, 15) is 13.2 Å². The first kappa shape index (κ1) is 21.4. The van der Waals surface area contributed by atoms with E-state index in [1.165, 1.54) is 31.5 Å². The van der Waals surface area contributed by atoms with Crippen LogP contribution in [0.3, 0.4) is 0 Å². The summed E-state index contributed by atoms with van der Waals surface area (Å²) >= 11 is 7.62. The molecule has 0 aliphatic heterocycles. The molecule has 9 heteroatoms. The Bertz CT molecular complexity index is 1160. The number of sulfonamides is 1. The number of hydrogen-bond acceptors (Lipinski definition) is 5. The van der Waals surface area contributed by atoms with Crippen molar-refractivity contribution in [3.8, 4) is 10.6 Å². The molecule has 0 atom stereocenters. The molecule has 0 unspecified atom stereocenters. The molecule has 152 valence electrons. The van der Waals surface area contributed by atoms with E-state index in [0.717, 1.165) is 14.9 Å². The van der Waals surface area contributed by atoms with Crippen molar-refractivity contribution in [2.45, 2.75) is 18.2 Å². The van der Waals surface area contributed by atoms with Crippen molar-refractivity contribution in [3.63, 3.8) is 0 Å². The number of thiazole rings is 1. The molecule has 0 spiro atoms. The molecule has 0 fully saturated rings. The van der Waals surface area contributed by atoms with Crippen LogP contribution in [-0.4, -0.2) is 37.7 Å². The molecule has 1 N–H and O–H groups in total. The average Bonchev–Trinajstić information content (AvgIpc) is 3.11. The first-order valence-corrected chi connectivity index (χ1v) is 11.4. The SMILES string of the molecule is Cc1ccc(NC(=O)Cc2csc(-c3ccccc3Cl)n2)cc1S(=O)(=O)N(C)C. The summed E-state index contributed by atoms with van der Waals surface area (Å²) in [7, 11) is -0.655. The number of nitrogens with zero attached hydrogens (tertiary/aromatic N) is 2. The van der Waals surface area contributed by atoms with Gasteiger partial charge in [0.1, 0.15) is 5.01 Å². The summed E-state index contributed by atoms with van der Waals surface area (Å²) in [5.74, 6) is -0.280. The zero-order valence-corrected chi connectivity index (χ0v) is 18.5. The van der Waals surface area contributed by atoms with E-state index >= 15 is 0 Å². The summed E-state index contributed by atoms with van der Waals surface area (Å²) < 4.78 is 26.0. The minimum atomic E-state index is -3.60. The standard InChI is InChI=1S/C20H20ClN3O3S2/c1-13-8-9-14(10-18(13)29(26,27)24(2)3)22-19(25)11-15-12-28-20(23-15)16-6-4-5-7-17(16)21/h4-10,12H,11H2,1-3H3,(H,22,25). The molecule has 0 saturated carbocycles. The van der Waals surface area contributed by atoms with Crippen molar-refractivity contribution in [1.29, 1.82) is 0 Å². The lowest BCUT2D eigenvalue weighted by Gasteiger charge is -2.15. The van der Waals surface area contributed by atoms with Crippen LogP contribution in [0.2, 0.25) is 5.02 Å². The Kier molecular flexibility index (Phi) is 6.38. The van der Waals surface area contributed by atoms with Crippen LogP contribution in [0.15, 0.2) is 52.7 Å². The minimum absolute atomic E-state index is 0.0740. The molecule has 3 rings (SSSR count). The Labute approximate surface area is 179 Å². The summed E-state index contributed by atoms with van der Waals surface area (Å²) in [6.45, 7) is 1.72. The van der Waals surface area contributed by atoms with E-state index in [2.05, 4.69) is 10.3 Å². The number of carbonyl (C=O) groups is 1. The van der Waals surface area contributed by atoms with Gasteiger partial charge in [-0.05, 0) is 30.7 Å². The van der Waals surface area contributed by atoms with Crippen molar-refractivity contribution >= 4 is 44.6 Å². The van der Waals surface area contributed by atoms with Gasteiger partial charge in [0, 0.05) is 30.7 Å². The molecular weight excluding hydrogens is 430 g/mol. The molecule has 0 aliphatic rings. The van der Waals surface area contributed by atoms with E-state index in [-0.39, 0.29) is 17.2 Å². The molecule has 1 amide bonds. The summed E-state index contributed by atoms with van der Waals surface area (Å²) in [5.41, 5.74) is 2.47. The maximum absolute atomic E-state index is 12.4. The third-order valence-electron chi connectivity index (χ3n) is 4.23. The third-order valence-corrected chi connectivity index (χ3v) is 7.44. The Hall–Kier alpha value is -2.26. The van der Waals surface area contributed by atoms with Crippen LogP contribution in [0.5, 0.6) is 0 Å². The molecule has 29 heavy (non-hydrogen) atoms. The summed E-state index contributed by atoms with van der Waals surface area (Å²) in [6, 6.07) is 12.2. The number of rotatable bonds is 6. The van der Waals surface area contributed by atoms with Crippen molar-refractivity contribution in [3.05, 3.63) is 64.1 Å². The zero-order chi connectivity index (χ0) is 21.2. The van der Waals surface area contributed by atoms with Crippen molar-refractivity contribution in [2.75, 3.05) is 19.4 Å². The number of carbonyl (C=O) groups excluding carboxylic acids is 1. The van der Waals surface area contributed by atoms with Crippen molar-refractivity contribution in [2.24, 2.45) is 0 Å². The van der Waals surface area contributed by atoms with Crippen molar-refractivity contribution in [1.82, 2.24) is 9.29 Å². The molecule has 0 bridgehead atoms. The second-order valence-corrected chi connectivity index (χ2v) is 10.0.